The van der Waals surface area contributed by atoms with Gasteiger partial charge in [0.05, 0.1) is 0 Å². The van der Waals surface area contributed by atoms with E-state index in [4.69, 9.17) is 0 Å². The fourth-order valence-corrected chi connectivity index (χ4v) is 4.90. The highest BCUT2D eigenvalue weighted by atomic mass is 14.2. The zero-order valence-electron chi connectivity index (χ0n) is 22.0. The molecule has 0 spiro atoms. The highest BCUT2D eigenvalue weighted by Gasteiger charge is 2.21. The molecule has 0 radical (unpaired) electrons. The van der Waals surface area contributed by atoms with E-state index in [0.717, 1.165) is 6.42 Å². The molecular weight excluding hydrogens is 444 g/mol. The van der Waals surface area contributed by atoms with Gasteiger partial charge < -0.3 is 0 Å². The first-order chi connectivity index (χ1) is 18.0. The van der Waals surface area contributed by atoms with Crippen molar-refractivity contribution >= 4 is 12.2 Å². The van der Waals surface area contributed by atoms with Crippen LogP contribution in [0.3, 0.4) is 0 Å². The highest BCUT2D eigenvalue weighted by Crippen LogP contribution is 2.41. The summed E-state index contributed by atoms with van der Waals surface area (Å²) < 4.78 is 0. The Balaban J connectivity index is 0.000000171. The van der Waals surface area contributed by atoms with Crippen LogP contribution in [-0.2, 0) is 11.8 Å². The van der Waals surface area contributed by atoms with Crippen molar-refractivity contribution < 1.29 is 0 Å². The van der Waals surface area contributed by atoms with Gasteiger partial charge in [0.25, 0.3) is 0 Å². The van der Waals surface area contributed by atoms with E-state index < -0.39 is 0 Å². The van der Waals surface area contributed by atoms with Gasteiger partial charge in [0.2, 0.25) is 0 Å². The zero-order chi connectivity index (χ0) is 25.7. The topological polar surface area (TPSA) is 0 Å². The first-order valence-electron chi connectivity index (χ1n) is 13.1. The molecule has 0 heteroatoms. The van der Waals surface area contributed by atoms with Gasteiger partial charge in [-0.05, 0) is 61.9 Å². The molecule has 0 fully saturated rings. The Morgan fingerprint density at radius 2 is 1.00 bits per heavy atom. The fraction of sp³-hybridized carbons (Fsp3) is 0.135. The Hall–Kier alpha value is -4.16. The van der Waals surface area contributed by atoms with Gasteiger partial charge in [-0.1, -0.05) is 160 Å². The monoisotopic (exact) mass is 478 g/mol. The van der Waals surface area contributed by atoms with Crippen LogP contribution in [0.25, 0.3) is 34.4 Å². The number of rotatable bonds is 3. The SMILES string of the molecule is C(=Cc1ccccc1)c1ccccc1.CC(C)(C)c1ccc(-c2cccc3c2Cc2ccccc2-3)cc1. The quantitative estimate of drug-likeness (QED) is 0.222. The molecule has 0 unspecified atom stereocenters. The predicted molar refractivity (Wildman–Crippen MR) is 161 cm³/mol. The van der Waals surface area contributed by atoms with Crippen molar-refractivity contribution in [1.29, 1.82) is 0 Å². The third-order valence-electron chi connectivity index (χ3n) is 6.98. The summed E-state index contributed by atoms with van der Waals surface area (Å²) >= 11 is 0. The average Bonchev–Trinajstić information content (AvgIpc) is 3.32. The second-order valence-corrected chi connectivity index (χ2v) is 10.6. The van der Waals surface area contributed by atoms with Crippen LogP contribution in [0.2, 0.25) is 0 Å². The first kappa shape index (κ1) is 24.5. The van der Waals surface area contributed by atoms with Crippen LogP contribution in [0, 0.1) is 0 Å². The van der Waals surface area contributed by atoms with E-state index in [9.17, 15) is 0 Å². The van der Waals surface area contributed by atoms with Crippen LogP contribution >= 0.6 is 0 Å². The van der Waals surface area contributed by atoms with Gasteiger partial charge in [-0.25, -0.2) is 0 Å². The standard InChI is InChI=1S/C23H22.C14H12/c1-23(2,3)18-13-11-16(12-14-18)19-9-6-10-21-20-8-5-4-7-17(20)15-22(19)21;1-3-7-13(8-4-1)11-12-14-9-5-2-6-10-14/h4-14H,15H2,1-3H3;1-12H. The van der Waals surface area contributed by atoms with Gasteiger partial charge in [-0.2, -0.15) is 0 Å². The Morgan fingerprint density at radius 3 is 1.59 bits per heavy atom. The first-order valence-corrected chi connectivity index (χ1v) is 13.1. The normalized spacial score (nSPS) is 12.0. The van der Waals surface area contributed by atoms with Crippen molar-refractivity contribution in [3.8, 4) is 22.3 Å². The molecular formula is C37H34. The molecule has 0 saturated heterocycles. The minimum absolute atomic E-state index is 0.202. The van der Waals surface area contributed by atoms with Crippen LogP contribution < -0.4 is 0 Å². The number of benzene rings is 5. The predicted octanol–water partition coefficient (Wildman–Crippen LogP) is 10.1. The lowest BCUT2D eigenvalue weighted by Crippen LogP contribution is -2.10. The lowest BCUT2D eigenvalue weighted by Gasteiger charge is -2.19. The summed E-state index contributed by atoms with van der Waals surface area (Å²) in [7, 11) is 0. The van der Waals surface area contributed by atoms with Crippen LogP contribution in [0.15, 0.2) is 127 Å². The molecule has 0 nitrogen and oxygen atoms in total. The number of hydrogen-bond acceptors (Lipinski definition) is 0. The van der Waals surface area contributed by atoms with E-state index in [2.05, 4.69) is 124 Å². The van der Waals surface area contributed by atoms with E-state index in [0.29, 0.717) is 0 Å². The molecule has 0 saturated carbocycles. The minimum Gasteiger partial charge on any atom is -0.0622 e. The molecule has 6 rings (SSSR count). The molecule has 0 aromatic heterocycles. The molecule has 182 valence electrons. The summed E-state index contributed by atoms with van der Waals surface area (Å²) in [4.78, 5) is 0. The summed E-state index contributed by atoms with van der Waals surface area (Å²) in [5.41, 5.74) is 12.5. The molecule has 0 heterocycles. The second-order valence-electron chi connectivity index (χ2n) is 10.6. The number of hydrogen-bond donors (Lipinski definition) is 0. The van der Waals surface area contributed by atoms with Crippen molar-refractivity contribution in [3.05, 3.63) is 155 Å². The smallest absolute Gasteiger partial charge is 0.000729 e. The largest absolute Gasteiger partial charge is 0.0622 e. The summed E-state index contributed by atoms with van der Waals surface area (Å²) in [6, 6.07) is 45.2. The van der Waals surface area contributed by atoms with Gasteiger partial charge in [0.15, 0.2) is 0 Å². The maximum atomic E-state index is 2.28. The maximum absolute atomic E-state index is 2.28. The number of fused-ring (bicyclic) bond motifs is 3. The van der Waals surface area contributed by atoms with E-state index in [1.807, 2.05) is 36.4 Å². The Morgan fingerprint density at radius 1 is 0.486 bits per heavy atom. The van der Waals surface area contributed by atoms with Gasteiger partial charge in [-0.3, -0.25) is 0 Å². The van der Waals surface area contributed by atoms with Crippen molar-refractivity contribution in [2.24, 2.45) is 0 Å². The highest BCUT2D eigenvalue weighted by molar-refractivity contribution is 5.84. The molecule has 1 aliphatic carbocycles. The van der Waals surface area contributed by atoms with Gasteiger partial charge in [-0.15, -0.1) is 0 Å². The minimum atomic E-state index is 0.202. The van der Waals surface area contributed by atoms with E-state index >= 15 is 0 Å². The molecule has 37 heavy (non-hydrogen) atoms. The molecule has 5 aromatic rings. The molecule has 0 atom stereocenters. The summed E-state index contributed by atoms with van der Waals surface area (Å²) in [6.45, 7) is 6.79. The van der Waals surface area contributed by atoms with Gasteiger partial charge >= 0.3 is 0 Å². The average molecular weight is 479 g/mol. The summed E-state index contributed by atoms with van der Waals surface area (Å²) in [6.07, 6.45) is 5.29. The molecule has 0 bridgehead atoms. The van der Waals surface area contributed by atoms with E-state index in [-0.39, 0.29) is 5.41 Å². The molecule has 0 aliphatic heterocycles. The summed E-state index contributed by atoms with van der Waals surface area (Å²) in [5, 5.41) is 0. The van der Waals surface area contributed by atoms with Crippen LogP contribution in [0.4, 0.5) is 0 Å². The van der Waals surface area contributed by atoms with Gasteiger partial charge in [0, 0.05) is 0 Å². The Labute approximate surface area is 222 Å². The Bertz CT molecular complexity index is 1440. The third-order valence-corrected chi connectivity index (χ3v) is 6.98. The fourth-order valence-electron chi connectivity index (χ4n) is 4.90. The zero-order valence-corrected chi connectivity index (χ0v) is 22.0. The van der Waals surface area contributed by atoms with E-state index in [1.165, 1.54) is 50.1 Å². The summed E-state index contributed by atoms with van der Waals surface area (Å²) in [5.74, 6) is 0. The molecule has 1 aliphatic rings. The third kappa shape index (κ3) is 5.81. The molecule has 0 amide bonds. The van der Waals surface area contributed by atoms with E-state index in [1.54, 1.807) is 0 Å². The molecule has 5 aromatic carbocycles. The Kier molecular flexibility index (Phi) is 7.19. The lowest BCUT2D eigenvalue weighted by atomic mass is 9.85. The lowest BCUT2D eigenvalue weighted by molar-refractivity contribution is 0.590. The second kappa shape index (κ2) is 10.8. The molecule has 0 N–H and O–H groups in total. The van der Waals surface area contributed by atoms with Gasteiger partial charge in [0.1, 0.15) is 0 Å². The van der Waals surface area contributed by atoms with Crippen molar-refractivity contribution in [3.63, 3.8) is 0 Å². The van der Waals surface area contributed by atoms with Crippen molar-refractivity contribution in [2.75, 3.05) is 0 Å². The van der Waals surface area contributed by atoms with Crippen LogP contribution in [-0.4, -0.2) is 0 Å². The van der Waals surface area contributed by atoms with Crippen LogP contribution in [0.5, 0.6) is 0 Å². The van der Waals surface area contributed by atoms with Crippen molar-refractivity contribution in [2.45, 2.75) is 32.6 Å². The maximum Gasteiger partial charge on any atom is -0.000729 e. The van der Waals surface area contributed by atoms with Crippen LogP contribution in [0.1, 0.15) is 48.6 Å². The van der Waals surface area contributed by atoms with Crippen molar-refractivity contribution in [1.82, 2.24) is 0 Å².